The minimum absolute atomic E-state index is 0.0829. The summed E-state index contributed by atoms with van der Waals surface area (Å²) in [5.74, 6) is 0.965. The third-order valence-corrected chi connectivity index (χ3v) is 3.72. The van der Waals surface area contributed by atoms with Gasteiger partial charge < -0.3 is 15.0 Å². The Kier molecular flexibility index (Phi) is 4.24. The smallest absolute Gasteiger partial charge is 0.239 e. The summed E-state index contributed by atoms with van der Waals surface area (Å²) >= 11 is 3.46. The first-order valence-electron chi connectivity index (χ1n) is 5.96. The number of carbonyl (C=O) groups excluding carboxylic acids is 1. The molecule has 0 radical (unpaired) electrons. The number of halogens is 1. The summed E-state index contributed by atoms with van der Waals surface area (Å²) in [4.78, 5) is 13.8. The number of carbonyl (C=O) groups is 1. The number of rotatable bonds is 3. The second-order valence-corrected chi connectivity index (χ2v) is 5.26. The molecule has 1 heterocycles. The molecule has 1 amide bonds. The molecule has 4 nitrogen and oxygen atoms in total. The highest BCUT2D eigenvalue weighted by atomic mass is 79.9. The molecule has 1 N–H and O–H groups in total. The normalized spacial score (nSPS) is 20.1. The Morgan fingerprint density at radius 3 is 3.00 bits per heavy atom. The van der Waals surface area contributed by atoms with Crippen molar-refractivity contribution >= 4 is 21.8 Å². The highest BCUT2D eigenvalue weighted by molar-refractivity contribution is 9.10. The van der Waals surface area contributed by atoms with Gasteiger partial charge in [-0.2, -0.15) is 0 Å². The van der Waals surface area contributed by atoms with Crippen LogP contribution in [0.1, 0.15) is 12.5 Å². The molecule has 1 aliphatic rings. The first-order valence-corrected chi connectivity index (χ1v) is 6.75. The van der Waals surface area contributed by atoms with Gasteiger partial charge in [0.25, 0.3) is 0 Å². The standard InChI is InChI=1S/C13H17BrN2O2/c1-9-13(17)16(6-5-15-9)8-10-3-4-12(18-2)11(14)7-10/h3-4,7,9,15H,5-6,8H2,1-2H3. The van der Waals surface area contributed by atoms with Crippen LogP contribution in [-0.2, 0) is 11.3 Å². The maximum Gasteiger partial charge on any atom is 0.239 e. The highest BCUT2D eigenvalue weighted by Gasteiger charge is 2.24. The lowest BCUT2D eigenvalue weighted by atomic mass is 10.1. The van der Waals surface area contributed by atoms with Gasteiger partial charge in [-0.15, -0.1) is 0 Å². The first-order chi connectivity index (χ1) is 8.61. The second-order valence-electron chi connectivity index (χ2n) is 4.40. The van der Waals surface area contributed by atoms with E-state index in [9.17, 15) is 4.79 Å². The third-order valence-electron chi connectivity index (χ3n) is 3.10. The molecule has 1 aromatic carbocycles. The van der Waals surface area contributed by atoms with Gasteiger partial charge in [-0.25, -0.2) is 0 Å². The Bertz CT molecular complexity index is 451. The fraction of sp³-hybridized carbons (Fsp3) is 0.462. The molecule has 1 saturated heterocycles. The molecular weight excluding hydrogens is 296 g/mol. The minimum atomic E-state index is -0.0829. The number of piperazine rings is 1. The molecule has 0 aliphatic carbocycles. The fourth-order valence-electron chi connectivity index (χ4n) is 2.07. The van der Waals surface area contributed by atoms with Crippen LogP contribution in [0.15, 0.2) is 22.7 Å². The van der Waals surface area contributed by atoms with Gasteiger partial charge in [0.15, 0.2) is 0 Å². The summed E-state index contributed by atoms with van der Waals surface area (Å²) in [6.45, 7) is 4.16. The lowest BCUT2D eigenvalue weighted by Gasteiger charge is -2.31. The van der Waals surface area contributed by atoms with Crippen LogP contribution in [0.5, 0.6) is 5.75 Å². The van der Waals surface area contributed by atoms with Crippen LogP contribution in [0.3, 0.4) is 0 Å². The maximum atomic E-state index is 12.0. The van der Waals surface area contributed by atoms with Gasteiger partial charge >= 0.3 is 0 Å². The molecule has 2 rings (SSSR count). The lowest BCUT2D eigenvalue weighted by molar-refractivity contribution is -0.135. The quantitative estimate of drug-likeness (QED) is 0.925. The van der Waals surface area contributed by atoms with Crippen molar-refractivity contribution in [3.05, 3.63) is 28.2 Å². The molecular formula is C13H17BrN2O2. The summed E-state index contributed by atoms with van der Waals surface area (Å²) in [5.41, 5.74) is 1.10. The molecule has 1 unspecified atom stereocenters. The number of hydrogen-bond acceptors (Lipinski definition) is 3. The fourth-order valence-corrected chi connectivity index (χ4v) is 2.66. The number of methoxy groups -OCH3 is 1. The Hall–Kier alpha value is -1.07. The van der Waals surface area contributed by atoms with Crippen molar-refractivity contribution in [2.75, 3.05) is 20.2 Å². The molecule has 1 aromatic rings. The van der Waals surface area contributed by atoms with E-state index in [2.05, 4.69) is 21.2 Å². The number of ether oxygens (including phenoxy) is 1. The molecule has 98 valence electrons. The molecule has 1 aliphatic heterocycles. The Labute approximate surface area is 115 Å². The predicted octanol–water partition coefficient (Wildman–Crippen LogP) is 1.78. The summed E-state index contributed by atoms with van der Waals surface area (Å²) in [7, 11) is 1.64. The topological polar surface area (TPSA) is 41.6 Å². The summed E-state index contributed by atoms with van der Waals surface area (Å²) < 4.78 is 6.11. The van der Waals surface area contributed by atoms with Gasteiger partial charge in [-0.1, -0.05) is 6.07 Å². The average molecular weight is 313 g/mol. The predicted molar refractivity (Wildman–Crippen MR) is 73.6 cm³/mol. The van der Waals surface area contributed by atoms with Crippen LogP contribution in [0, 0.1) is 0 Å². The van der Waals surface area contributed by atoms with Crippen molar-refractivity contribution in [1.29, 1.82) is 0 Å². The molecule has 0 spiro atoms. The van der Waals surface area contributed by atoms with Gasteiger partial charge in [-0.05, 0) is 40.5 Å². The zero-order valence-corrected chi connectivity index (χ0v) is 12.2. The van der Waals surface area contributed by atoms with E-state index in [-0.39, 0.29) is 11.9 Å². The van der Waals surface area contributed by atoms with E-state index in [0.29, 0.717) is 6.54 Å². The van der Waals surface area contributed by atoms with Gasteiger partial charge in [0, 0.05) is 19.6 Å². The number of nitrogens with zero attached hydrogens (tertiary/aromatic N) is 1. The van der Waals surface area contributed by atoms with E-state index < -0.39 is 0 Å². The van der Waals surface area contributed by atoms with Crippen LogP contribution >= 0.6 is 15.9 Å². The van der Waals surface area contributed by atoms with E-state index in [1.54, 1.807) is 7.11 Å². The largest absolute Gasteiger partial charge is 0.496 e. The number of amides is 1. The van der Waals surface area contributed by atoms with Crippen molar-refractivity contribution in [3.63, 3.8) is 0 Å². The molecule has 0 saturated carbocycles. The average Bonchev–Trinajstić information content (AvgIpc) is 2.35. The van der Waals surface area contributed by atoms with Gasteiger partial charge in [0.2, 0.25) is 5.91 Å². The van der Waals surface area contributed by atoms with E-state index >= 15 is 0 Å². The zero-order valence-electron chi connectivity index (χ0n) is 10.6. The minimum Gasteiger partial charge on any atom is -0.496 e. The number of nitrogens with one attached hydrogen (secondary N) is 1. The summed E-state index contributed by atoms with van der Waals surface area (Å²) in [5, 5.41) is 3.16. The van der Waals surface area contributed by atoms with Crippen molar-refractivity contribution < 1.29 is 9.53 Å². The van der Waals surface area contributed by atoms with Crippen molar-refractivity contribution in [2.45, 2.75) is 19.5 Å². The first kappa shape index (κ1) is 13.4. The lowest BCUT2D eigenvalue weighted by Crippen LogP contribution is -2.53. The van der Waals surface area contributed by atoms with Crippen LogP contribution in [0.4, 0.5) is 0 Å². The van der Waals surface area contributed by atoms with Gasteiger partial charge in [0.1, 0.15) is 5.75 Å². The molecule has 18 heavy (non-hydrogen) atoms. The monoisotopic (exact) mass is 312 g/mol. The maximum absolute atomic E-state index is 12.0. The Morgan fingerprint density at radius 1 is 1.56 bits per heavy atom. The van der Waals surface area contributed by atoms with Crippen LogP contribution in [0.25, 0.3) is 0 Å². The summed E-state index contributed by atoms with van der Waals surface area (Å²) in [6.07, 6.45) is 0. The zero-order chi connectivity index (χ0) is 13.1. The second kappa shape index (κ2) is 5.71. The molecule has 1 fully saturated rings. The van der Waals surface area contributed by atoms with Gasteiger partial charge in [-0.3, -0.25) is 4.79 Å². The molecule has 0 bridgehead atoms. The van der Waals surface area contributed by atoms with Crippen LogP contribution < -0.4 is 10.1 Å². The highest BCUT2D eigenvalue weighted by Crippen LogP contribution is 2.26. The summed E-state index contributed by atoms with van der Waals surface area (Å²) in [6, 6.07) is 5.82. The van der Waals surface area contributed by atoms with E-state index in [0.717, 1.165) is 28.9 Å². The number of benzene rings is 1. The number of hydrogen-bond donors (Lipinski definition) is 1. The third kappa shape index (κ3) is 2.84. The van der Waals surface area contributed by atoms with Crippen molar-refractivity contribution in [2.24, 2.45) is 0 Å². The van der Waals surface area contributed by atoms with Crippen molar-refractivity contribution in [1.82, 2.24) is 10.2 Å². The molecule has 5 heteroatoms. The van der Waals surface area contributed by atoms with E-state index in [1.807, 2.05) is 30.0 Å². The van der Waals surface area contributed by atoms with E-state index in [4.69, 9.17) is 4.74 Å². The SMILES string of the molecule is COc1ccc(CN2CCNC(C)C2=O)cc1Br. The van der Waals surface area contributed by atoms with Gasteiger partial charge in [0.05, 0.1) is 17.6 Å². The molecule has 1 atom stereocenters. The van der Waals surface area contributed by atoms with E-state index in [1.165, 1.54) is 0 Å². The van der Waals surface area contributed by atoms with Crippen LogP contribution in [0.2, 0.25) is 0 Å². The Balaban J connectivity index is 2.09. The van der Waals surface area contributed by atoms with Crippen LogP contribution in [-0.4, -0.2) is 37.0 Å². The van der Waals surface area contributed by atoms with Crippen molar-refractivity contribution in [3.8, 4) is 5.75 Å². The Morgan fingerprint density at radius 2 is 2.33 bits per heavy atom. The molecule has 0 aromatic heterocycles.